The van der Waals surface area contributed by atoms with Crippen LogP contribution < -0.4 is 10.1 Å². The zero-order valence-electron chi connectivity index (χ0n) is 13.9. The number of nitrogens with zero attached hydrogens (tertiary/aromatic N) is 3. The Hall–Kier alpha value is -1.99. The molecular weight excluding hydrogens is 324 g/mol. The predicted molar refractivity (Wildman–Crippen MR) is 94.2 cm³/mol. The minimum Gasteiger partial charge on any atom is -0.497 e. The third kappa shape index (κ3) is 3.73. The Kier molecular flexibility index (Phi) is 5.42. The minimum absolute atomic E-state index is 0.0114. The smallest absolute Gasteiger partial charge is 0.233 e. The van der Waals surface area contributed by atoms with E-state index in [1.807, 2.05) is 47.0 Å². The van der Waals surface area contributed by atoms with Gasteiger partial charge in [0.1, 0.15) is 17.6 Å². The minimum atomic E-state index is -0.0114. The Balaban J connectivity index is 1.64. The van der Waals surface area contributed by atoms with Gasteiger partial charge in [-0.15, -0.1) is 11.8 Å². The lowest BCUT2D eigenvalue weighted by Gasteiger charge is -2.35. The third-order valence-corrected chi connectivity index (χ3v) is 5.14. The zero-order valence-corrected chi connectivity index (χ0v) is 14.8. The normalized spacial score (nSPS) is 17.8. The summed E-state index contributed by atoms with van der Waals surface area (Å²) in [6.07, 6.45) is 3.69. The van der Waals surface area contributed by atoms with E-state index in [9.17, 15) is 4.79 Å². The molecule has 1 fully saturated rings. The van der Waals surface area contributed by atoms with Gasteiger partial charge < -0.3 is 19.5 Å². The van der Waals surface area contributed by atoms with Crippen molar-refractivity contribution in [3.8, 4) is 5.75 Å². The molecule has 128 valence electrons. The van der Waals surface area contributed by atoms with Crippen LogP contribution in [0.1, 0.15) is 11.9 Å². The summed E-state index contributed by atoms with van der Waals surface area (Å²) in [4.78, 5) is 20.1. The van der Waals surface area contributed by atoms with E-state index < -0.39 is 0 Å². The van der Waals surface area contributed by atoms with Crippen LogP contribution in [0.15, 0.2) is 41.6 Å². The Labute approximate surface area is 146 Å². The van der Waals surface area contributed by atoms with Crippen molar-refractivity contribution in [1.82, 2.24) is 19.8 Å². The molecule has 1 aromatic carbocycles. The van der Waals surface area contributed by atoms with Crippen LogP contribution in [0.4, 0.5) is 0 Å². The first-order valence-electron chi connectivity index (χ1n) is 7.93. The number of hydrogen-bond donors (Lipinski definition) is 1. The number of rotatable bonds is 5. The number of imidazole rings is 1. The van der Waals surface area contributed by atoms with Gasteiger partial charge in [0.2, 0.25) is 5.91 Å². The number of benzene rings is 1. The van der Waals surface area contributed by atoms with E-state index in [4.69, 9.17) is 4.74 Å². The summed E-state index contributed by atoms with van der Waals surface area (Å²) >= 11 is 1.55. The lowest BCUT2D eigenvalue weighted by Crippen LogP contribution is -2.50. The molecule has 7 heteroatoms. The maximum absolute atomic E-state index is 12.7. The van der Waals surface area contributed by atoms with Gasteiger partial charge in [0.05, 0.1) is 12.9 Å². The second-order valence-corrected chi connectivity index (χ2v) is 6.72. The maximum Gasteiger partial charge on any atom is 0.233 e. The summed E-state index contributed by atoms with van der Waals surface area (Å²) in [6.45, 7) is 2.27. The van der Waals surface area contributed by atoms with Gasteiger partial charge in [-0.3, -0.25) is 4.79 Å². The molecule has 24 heavy (non-hydrogen) atoms. The Morgan fingerprint density at radius 3 is 2.88 bits per heavy atom. The van der Waals surface area contributed by atoms with E-state index in [1.54, 1.807) is 25.1 Å². The van der Waals surface area contributed by atoms with Gasteiger partial charge in [-0.2, -0.15) is 0 Å². The first-order chi connectivity index (χ1) is 11.7. The van der Waals surface area contributed by atoms with E-state index in [2.05, 4.69) is 10.3 Å². The average molecular weight is 346 g/mol. The van der Waals surface area contributed by atoms with E-state index in [1.165, 1.54) is 0 Å². The van der Waals surface area contributed by atoms with Crippen LogP contribution >= 0.6 is 11.8 Å². The lowest BCUT2D eigenvalue weighted by atomic mass is 10.1. The summed E-state index contributed by atoms with van der Waals surface area (Å²) < 4.78 is 7.14. The first-order valence-corrected chi connectivity index (χ1v) is 8.92. The number of methoxy groups -OCH3 is 1. The summed E-state index contributed by atoms with van der Waals surface area (Å²) in [5, 5.41) is 3.35. The number of amides is 1. The number of thioether (sulfide) groups is 1. The number of hydrogen-bond acceptors (Lipinski definition) is 5. The Bertz CT molecular complexity index is 686. The number of carbonyl (C=O) groups excluding carboxylic acids is 1. The van der Waals surface area contributed by atoms with Gasteiger partial charge >= 0.3 is 0 Å². The summed E-state index contributed by atoms with van der Waals surface area (Å²) in [7, 11) is 3.61. The van der Waals surface area contributed by atoms with Crippen LogP contribution in [0.5, 0.6) is 5.75 Å². The van der Waals surface area contributed by atoms with Crippen molar-refractivity contribution in [3.05, 3.63) is 42.5 Å². The first kappa shape index (κ1) is 16.9. The van der Waals surface area contributed by atoms with E-state index in [0.29, 0.717) is 12.3 Å². The highest BCUT2D eigenvalue weighted by molar-refractivity contribution is 8.00. The van der Waals surface area contributed by atoms with Gasteiger partial charge in [0, 0.05) is 44.0 Å². The lowest BCUT2D eigenvalue weighted by molar-refractivity contribution is -0.131. The molecule has 0 saturated carbocycles. The van der Waals surface area contributed by atoms with Crippen LogP contribution in [-0.2, 0) is 11.8 Å². The Morgan fingerprint density at radius 2 is 2.21 bits per heavy atom. The second-order valence-electron chi connectivity index (χ2n) is 5.67. The van der Waals surface area contributed by atoms with Gasteiger partial charge in [-0.05, 0) is 24.3 Å². The topological polar surface area (TPSA) is 59.4 Å². The van der Waals surface area contributed by atoms with Crippen molar-refractivity contribution >= 4 is 17.7 Å². The van der Waals surface area contributed by atoms with Crippen LogP contribution in [0.2, 0.25) is 0 Å². The number of ether oxygens (including phenoxy) is 1. The third-order valence-electron chi connectivity index (χ3n) is 4.14. The summed E-state index contributed by atoms with van der Waals surface area (Å²) in [6, 6.07) is 7.76. The highest BCUT2D eigenvalue weighted by Gasteiger charge is 2.30. The molecule has 0 radical (unpaired) electrons. The number of aromatic nitrogens is 2. The number of nitrogens with one attached hydrogen (secondary N) is 1. The van der Waals surface area contributed by atoms with Crippen molar-refractivity contribution in [3.63, 3.8) is 0 Å². The zero-order chi connectivity index (χ0) is 16.9. The highest BCUT2D eigenvalue weighted by Crippen LogP contribution is 2.25. The average Bonchev–Trinajstić information content (AvgIpc) is 3.06. The van der Waals surface area contributed by atoms with Gasteiger partial charge in [-0.1, -0.05) is 0 Å². The molecule has 1 unspecified atom stereocenters. The molecule has 1 aliphatic heterocycles. The molecule has 1 aliphatic rings. The fourth-order valence-corrected chi connectivity index (χ4v) is 3.62. The quantitative estimate of drug-likeness (QED) is 0.835. The van der Waals surface area contributed by atoms with Gasteiger partial charge in [0.25, 0.3) is 0 Å². The monoisotopic (exact) mass is 346 g/mol. The van der Waals surface area contributed by atoms with Crippen LogP contribution in [0.3, 0.4) is 0 Å². The molecule has 1 atom stereocenters. The van der Waals surface area contributed by atoms with E-state index in [-0.39, 0.29) is 11.9 Å². The molecule has 1 aromatic heterocycles. The van der Waals surface area contributed by atoms with Crippen LogP contribution in [0.25, 0.3) is 0 Å². The molecule has 3 rings (SSSR count). The SMILES string of the molecule is COc1ccc(SCC(=O)N2CCNCC2c2nccn2C)cc1. The molecule has 1 N–H and O–H groups in total. The molecule has 0 aliphatic carbocycles. The van der Waals surface area contributed by atoms with Crippen LogP contribution in [-0.4, -0.2) is 52.9 Å². The molecule has 0 bridgehead atoms. The number of aryl methyl sites for hydroxylation is 1. The molecule has 1 saturated heterocycles. The standard InChI is InChI=1S/C17H22N4O2S/c1-20-9-8-19-17(20)15-11-18-7-10-21(15)16(22)12-24-14-5-3-13(23-2)4-6-14/h3-6,8-9,15,18H,7,10-12H2,1-2H3. The second kappa shape index (κ2) is 7.72. The van der Waals surface area contributed by atoms with Crippen molar-refractivity contribution in [2.75, 3.05) is 32.5 Å². The van der Waals surface area contributed by atoms with Gasteiger partial charge in [0.15, 0.2) is 0 Å². The largest absolute Gasteiger partial charge is 0.497 e. The fraction of sp³-hybridized carbons (Fsp3) is 0.412. The maximum atomic E-state index is 12.7. The molecule has 2 heterocycles. The van der Waals surface area contributed by atoms with Crippen LogP contribution in [0, 0.1) is 0 Å². The molecular formula is C17H22N4O2S. The van der Waals surface area contributed by atoms with E-state index in [0.717, 1.165) is 29.6 Å². The predicted octanol–water partition coefficient (Wildman–Crippen LogP) is 1.69. The van der Waals surface area contributed by atoms with Crippen molar-refractivity contribution in [2.45, 2.75) is 10.9 Å². The number of carbonyl (C=O) groups is 1. The highest BCUT2D eigenvalue weighted by atomic mass is 32.2. The van der Waals surface area contributed by atoms with Crippen molar-refractivity contribution < 1.29 is 9.53 Å². The molecule has 1 amide bonds. The number of piperazine rings is 1. The summed E-state index contributed by atoms with van der Waals surface area (Å²) in [5.41, 5.74) is 0. The fourth-order valence-electron chi connectivity index (χ4n) is 2.83. The molecule has 6 nitrogen and oxygen atoms in total. The molecule has 2 aromatic rings. The van der Waals surface area contributed by atoms with E-state index >= 15 is 0 Å². The molecule has 0 spiro atoms. The Morgan fingerprint density at radius 1 is 1.42 bits per heavy atom. The van der Waals surface area contributed by atoms with Crippen molar-refractivity contribution in [2.24, 2.45) is 7.05 Å². The summed E-state index contributed by atoms with van der Waals surface area (Å²) in [5.74, 6) is 2.31. The van der Waals surface area contributed by atoms with Gasteiger partial charge in [-0.25, -0.2) is 4.98 Å². The van der Waals surface area contributed by atoms with Crippen molar-refractivity contribution in [1.29, 1.82) is 0 Å².